The van der Waals surface area contributed by atoms with Gasteiger partial charge in [0, 0.05) is 28.8 Å². The Bertz CT molecular complexity index is 997. The lowest BCUT2D eigenvalue weighted by atomic mass is 10.3. The summed E-state index contributed by atoms with van der Waals surface area (Å²) in [5.74, 6) is 0.993. The van der Waals surface area contributed by atoms with Crippen molar-refractivity contribution in [1.29, 1.82) is 0 Å². The van der Waals surface area contributed by atoms with Gasteiger partial charge in [-0.1, -0.05) is 23.9 Å². The second kappa shape index (κ2) is 10.4. The molecule has 3 aromatic heterocycles. The Morgan fingerprint density at radius 1 is 1.19 bits per heavy atom. The van der Waals surface area contributed by atoms with Gasteiger partial charge in [-0.15, -0.1) is 32.9 Å². The Kier molecular flexibility index (Phi) is 7.41. The minimum absolute atomic E-state index is 0.0658. The van der Waals surface area contributed by atoms with E-state index in [1.807, 2.05) is 30.5 Å². The van der Waals surface area contributed by atoms with E-state index < -0.39 is 0 Å². The number of likely N-dealkylation sites (N-methyl/N-ethyl adjacent to an activating group) is 1. The number of thiophene rings is 2. The molecule has 0 spiro atoms. The van der Waals surface area contributed by atoms with Crippen molar-refractivity contribution in [2.24, 2.45) is 0 Å². The first kappa shape index (κ1) is 22.0. The van der Waals surface area contributed by atoms with Gasteiger partial charge in [-0.2, -0.15) is 0 Å². The van der Waals surface area contributed by atoms with Crippen LogP contribution < -0.4 is 5.32 Å². The number of aromatic nitrogens is 3. The summed E-state index contributed by atoms with van der Waals surface area (Å²) in [5.41, 5.74) is 0. The summed E-state index contributed by atoms with van der Waals surface area (Å²) in [4.78, 5) is 28.9. The van der Waals surface area contributed by atoms with E-state index in [1.165, 1.54) is 16.6 Å². The normalized spacial score (nSPS) is 13.3. The maximum atomic E-state index is 12.7. The largest absolute Gasteiger partial charge is 0.350 e. The van der Waals surface area contributed by atoms with Gasteiger partial charge in [0.05, 0.1) is 18.8 Å². The number of carbonyl (C=O) groups is 2. The van der Waals surface area contributed by atoms with Crippen LogP contribution in [-0.4, -0.2) is 50.3 Å². The van der Waals surface area contributed by atoms with E-state index in [4.69, 9.17) is 0 Å². The molecule has 3 heterocycles. The smallest absolute Gasteiger partial charge is 0.239 e. The molecule has 1 aliphatic rings. The maximum absolute atomic E-state index is 12.7. The number of amides is 2. The van der Waals surface area contributed by atoms with Crippen molar-refractivity contribution in [3.63, 3.8) is 0 Å². The highest BCUT2D eigenvalue weighted by atomic mass is 32.2. The van der Waals surface area contributed by atoms with Crippen LogP contribution in [-0.2, 0) is 22.6 Å². The monoisotopic (exact) mass is 475 g/mol. The third-order valence-electron chi connectivity index (χ3n) is 4.99. The lowest BCUT2D eigenvalue weighted by Gasteiger charge is -2.20. The first-order valence-electron chi connectivity index (χ1n) is 10.3. The van der Waals surface area contributed by atoms with Crippen molar-refractivity contribution in [2.75, 3.05) is 18.8 Å². The quantitative estimate of drug-likeness (QED) is 0.429. The van der Waals surface area contributed by atoms with Crippen LogP contribution in [0.4, 0.5) is 0 Å². The summed E-state index contributed by atoms with van der Waals surface area (Å²) in [7, 11) is 0. The highest BCUT2D eigenvalue weighted by Crippen LogP contribution is 2.39. The Balaban J connectivity index is 1.31. The van der Waals surface area contributed by atoms with Gasteiger partial charge in [-0.25, -0.2) is 0 Å². The van der Waals surface area contributed by atoms with Crippen LogP contribution in [0.3, 0.4) is 0 Å². The minimum atomic E-state index is -0.145. The van der Waals surface area contributed by atoms with Gasteiger partial charge in [0.25, 0.3) is 0 Å². The van der Waals surface area contributed by atoms with Gasteiger partial charge in [-0.05, 0) is 42.7 Å². The van der Waals surface area contributed by atoms with E-state index in [1.54, 1.807) is 27.6 Å². The Hall–Kier alpha value is -2.17. The number of thioether (sulfide) groups is 1. The molecule has 1 saturated carbocycles. The van der Waals surface area contributed by atoms with Crippen molar-refractivity contribution in [2.45, 2.75) is 43.9 Å². The SMILES string of the molecule is CCN(CC(=O)NCc1cccs1)C(=O)CSc1nnc(Cc2cccs2)n1C1CC1. The zero-order valence-corrected chi connectivity index (χ0v) is 19.8. The Morgan fingerprint density at radius 2 is 1.94 bits per heavy atom. The molecular weight excluding hydrogens is 450 g/mol. The standard InChI is InChI=1S/C21H25N5O2S3/c1-2-25(13-19(27)22-12-17-6-4-10-30-17)20(28)14-31-21-24-23-18(26(21)15-7-8-15)11-16-5-3-9-29-16/h3-6,9-10,15H,2,7-8,11-14H2,1H3,(H,22,27). The molecule has 1 aliphatic carbocycles. The summed E-state index contributed by atoms with van der Waals surface area (Å²) < 4.78 is 2.20. The fourth-order valence-corrected chi connectivity index (χ4v) is 5.49. The molecule has 0 atom stereocenters. The van der Waals surface area contributed by atoms with Crippen molar-refractivity contribution in [3.8, 4) is 0 Å². The van der Waals surface area contributed by atoms with E-state index in [0.29, 0.717) is 19.1 Å². The molecule has 164 valence electrons. The molecule has 0 unspecified atom stereocenters. The molecular formula is C21H25N5O2S3. The molecule has 0 aromatic carbocycles. The average Bonchev–Trinajstić information content (AvgIpc) is 3.17. The molecule has 0 radical (unpaired) electrons. The first-order valence-corrected chi connectivity index (χ1v) is 13.0. The Morgan fingerprint density at radius 3 is 2.58 bits per heavy atom. The van der Waals surface area contributed by atoms with Gasteiger partial charge >= 0.3 is 0 Å². The van der Waals surface area contributed by atoms with Gasteiger partial charge in [0.15, 0.2) is 5.16 Å². The van der Waals surface area contributed by atoms with E-state index in [9.17, 15) is 9.59 Å². The van der Waals surface area contributed by atoms with Crippen LogP contribution in [0.5, 0.6) is 0 Å². The topological polar surface area (TPSA) is 80.1 Å². The summed E-state index contributed by atoms with van der Waals surface area (Å²) >= 11 is 4.73. The molecule has 4 rings (SSSR count). The third-order valence-corrected chi connectivity index (χ3v) is 7.67. The number of rotatable bonds is 11. The van der Waals surface area contributed by atoms with Crippen molar-refractivity contribution >= 4 is 46.2 Å². The summed E-state index contributed by atoms with van der Waals surface area (Å²) in [5, 5.41) is 16.5. The summed E-state index contributed by atoms with van der Waals surface area (Å²) in [6.07, 6.45) is 3.02. The number of hydrogen-bond donors (Lipinski definition) is 1. The molecule has 0 aliphatic heterocycles. The van der Waals surface area contributed by atoms with Crippen molar-refractivity contribution in [3.05, 3.63) is 50.6 Å². The molecule has 31 heavy (non-hydrogen) atoms. The lowest BCUT2D eigenvalue weighted by Crippen LogP contribution is -2.41. The predicted octanol–water partition coefficient (Wildman–Crippen LogP) is 3.58. The molecule has 2 amide bonds. The lowest BCUT2D eigenvalue weighted by molar-refractivity contribution is -0.133. The van der Waals surface area contributed by atoms with Crippen LogP contribution >= 0.6 is 34.4 Å². The minimum Gasteiger partial charge on any atom is -0.350 e. The van der Waals surface area contributed by atoms with E-state index in [2.05, 4.69) is 31.5 Å². The van der Waals surface area contributed by atoms with Crippen molar-refractivity contribution < 1.29 is 9.59 Å². The van der Waals surface area contributed by atoms with Gasteiger partial charge in [0.2, 0.25) is 11.8 Å². The zero-order chi connectivity index (χ0) is 21.6. The second-order valence-electron chi connectivity index (χ2n) is 7.31. The van der Waals surface area contributed by atoms with Crippen molar-refractivity contribution in [1.82, 2.24) is 25.0 Å². The fourth-order valence-electron chi connectivity index (χ4n) is 3.22. The Labute approximate surface area is 193 Å². The molecule has 0 saturated heterocycles. The number of hydrogen-bond acceptors (Lipinski definition) is 7. The predicted molar refractivity (Wildman–Crippen MR) is 125 cm³/mol. The van der Waals surface area contributed by atoms with Crippen LogP contribution in [0.15, 0.2) is 40.2 Å². The van der Waals surface area contributed by atoms with Gasteiger partial charge in [0.1, 0.15) is 5.82 Å². The fraction of sp³-hybridized carbons (Fsp3) is 0.429. The number of nitrogens with one attached hydrogen (secondary N) is 1. The first-order chi connectivity index (χ1) is 15.1. The van der Waals surface area contributed by atoms with Gasteiger partial charge in [-0.3, -0.25) is 9.59 Å². The van der Waals surface area contributed by atoms with Crippen LogP contribution in [0.2, 0.25) is 0 Å². The van der Waals surface area contributed by atoms with Crippen LogP contribution in [0, 0.1) is 0 Å². The number of nitrogens with zero attached hydrogens (tertiary/aromatic N) is 4. The molecule has 10 heteroatoms. The summed E-state index contributed by atoms with van der Waals surface area (Å²) in [6, 6.07) is 8.52. The highest BCUT2D eigenvalue weighted by molar-refractivity contribution is 7.99. The molecule has 7 nitrogen and oxygen atoms in total. The molecule has 1 fully saturated rings. The van der Waals surface area contributed by atoms with Gasteiger partial charge < -0.3 is 14.8 Å². The molecule has 0 bridgehead atoms. The van der Waals surface area contributed by atoms with Crippen LogP contribution in [0.1, 0.15) is 41.4 Å². The third kappa shape index (κ3) is 5.96. The molecule has 1 N–H and O–H groups in total. The van der Waals surface area contributed by atoms with E-state index >= 15 is 0 Å². The highest BCUT2D eigenvalue weighted by Gasteiger charge is 2.30. The molecule has 3 aromatic rings. The summed E-state index contributed by atoms with van der Waals surface area (Å²) in [6.45, 7) is 2.94. The number of carbonyl (C=O) groups excluding carboxylic acids is 2. The van der Waals surface area contributed by atoms with E-state index in [0.717, 1.165) is 35.1 Å². The zero-order valence-electron chi connectivity index (χ0n) is 17.3. The maximum Gasteiger partial charge on any atom is 0.239 e. The second-order valence-corrected chi connectivity index (χ2v) is 10.3. The van der Waals surface area contributed by atoms with E-state index in [-0.39, 0.29) is 24.1 Å². The van der Waals surface area contributed by atoms with Crippen LogP contribution in [0.25, 0.3) is 0 Å². The average molecular weight is 476 g/mol.